The highest BCUT2D eigenvalue weighted by Crippen LogP contribution is 2.23. The molecule has 4 rings (SSSR count). The number of hydrogen-bond acceptors (Lipinski definition) is 6. The second-order valence-corrected chi connectivity index (χ2v) is 16.8. The third kappa shape index (κ3) is 25.7. The number of nitrogens with zero attached hydrogens (tertiary/aromatic N) is 2. The van der Waals surface area contributed by atoms with Crippen LogP contribution in [0.25, 0.3) is 0 Å². The number of likely N-dealkylation sites (tertiary alicyclic amines) is 2. The van der Waals surface area contributed by atoms with Gasteiger partial charge in [0.1, 0.15) is 0 Å². The summed E-state index contributed by atoms with van der Waals surface area (Å²) >= 11 is 0. The van der Waals surface area contributed by atoms with Crippen LogP contribution in [0.5, 0.6) is 0 Å². The first-order valence-corrected chi connectivity index (χ1v) is 20.2. The largest absolute Gasteiger partial charge is 0.314 e. The molecule has 0 spiro atoms. The molecule has 2 aliphatic heterocycles. The average Bonchev–Trinajstić information content (AvgIpc) is 3.03. The molecule has 2 saturated heterocycles. The van der Waals surface area contributed by atoms with Gasteiger partial charge < -0.3 is 31.1 Å². The van der Waals surface area contributed by atoms with E-state index in [0.29, 0.717) is 24.2 Å². The van der Waals surface area contributed by atoms with Gasteiger partial charge in [0.05, 0.1) is 0 Å². The average molecular weight is 651 g/mol. The van der Waals surface area contributed by atoms with Gasteiger partial charge >= 0.3 is 0 Å². The minimum atomic E-state index is 0.636. The van der Waals surface area contributed by atoms with Crippen LogP contribution >= 0.6 is 0 Å². The second-order valence-electron chi connectivity index (χ2n) is 16.8. The smallest absolute Gasteiger partial charge is 0.00187 e. The summed E-state index contributed by atoms with van der Waals surface area (Å²) in [5.74, 6) is 3.76. The van der Waals surface area contributed by atoms with Crippen LogP contribution < -0.4 is 21.3 Å². The highest BCUT2D eigenvalue weighted by molar-refractivity contribution is 4.74. The first-order chi connectivity index (χ1) is 21.9. The van der Waals surface area contributed by atoms with Crippen LogP contribution in [-0.4, -0.2) is 100 Å². The summed E-state index contributed by atoms with van der Waals surface area (Å²) < 4.78 is 0. The highest BCUT2D eigenvalue weighted by Gasteiger charge is 2.17. The van der Waals surface area contributed by atoms with Crippen molar-refractivity contribution in [2.45, 2.75) is 169 Å². The van der Waals surface area contributed by atoms with E-state index in [0.717, 1.165) is 23.7 Å². The lowest BCUT2D eigenvalue weighted by Gasteiger charge is -2.30. The van der Waals surface area contributed by atoms with Crippen LogP contribution in [0.4, 0.5) is 0 Å². The van der Waals surface area contributed by atoms with E-state index >= 15 is 0 Å². The van der Waals surface area contributed by atoms with E-state index < -0.39 is 0 Å². The monoisotopic (exact) mass is 651 g/mol. The first kappa shape index (κ1) is 43.8. The van der Waals surface area contributed by atoms with Crippen LogP contribution in [0.3, 0.4) is 0 Å². The van der Waals surface area contributed by atoms with Crippen LogP contribution in [0.2, 0.25) is 0 Å². The predicted molar refractivity (Wildman–Crippen MR) is 206 cm³/mol. The van der Waals surface area contributed by atoms with Crippen molar-refractivity contribution >= 4 is 0 Å². The molecule has 1 atom stereocenters. The lowest BCUT2D eigenvalue weighted by molar-refractivity contribution is 0.204. The molecule has 0 aromatic carbocycles. The molecule has 0 radical (unpaired) electrons. The molecular weight excluding hydrogens is 564 g/mol. The SMILES string of the molecule is CC(C)NCC1CCCCC1.CC(C)NCC1CCCCC1.CC(C)NCC1CCCN(C)C1.CC(C)NCC1CCN(C)CC1. The van der Waals surface area contributed by atoms with Crippen molar-refractivity contribution in [2.24, 2.45) is 23.7 Å². The minimum Gasteiger partial charge on any atom is -0.314 e. The maximum absolute atomic E-state index is 3.52. The van der Waals surface area contributed by atoms with E-state index in [-0.39, 0.29) is 0 Å². The summed E-state index contributed by atoms with van der Waals surface area (Å²) in [6.45, 7) is 27.8. The normalized spacial score (nSPS) is 22.7. The van der Waals surface area contributed by atoms with Crippen molar-refractivity contribution in [2.75, 3.05) is 66.5 Å². The molecule has 2 aliphatic carbocycles. The Labute approximate surface area is 290 Å². The van der Waals surface area contributed by atoms with Crippen molar-refractivity contribution < 1.29 is 0 Å². The van der Waals surface area contributed by atoms with E-state index in [2.05, 4.69) is 101 Å². The molecule has 4 aliphatic rings. The molecule has 0 aromatic rings. The summed E-state index contributed by atoms with van der Waals surface area (Å²) in [4.78, 5) is 4.86. The third-order valence-corrected chi connectivity index (χ3v) is 10.3. The number of hydrogen-bond donors (Lipinski definition) is 4. The maximum Gasteiger partial charge on any atom is 0.00187 e. The zero-order valence-electron chi connectivity index (χ0n) is 33.1. The van der Waals surface area contributed by atoms with Crippen LogP contribution in [0, 0.1) is 23.7 Å². The summed E-state index contributed by atoms with van der Waals surface area (Å²) in [6, 6.07) is 2.61. The van der Waals surface area contributed by atoms with Crippen molar-refractivity contribution in [1.29, 1.82) is 0 Å². The van der Waals surface area contributed by atoms with E-state index in [4.69, 9.17) is 0 Å². The van der Waals surface area contributed by atoms with E-state index in [9.17, 15) is 0 Å². The zero-order chi connectivity index (χ0) is 34.2. The fraction of sp³-hybridized carbons (Fsp3) is 1.00. The molecule has 6 heteroatoms. The Kier molecular flexibility index (Phi) is 26.2. The molecule has 1 unspecified atom stereocenters. The molecule has 2 saturated carbocycles. The van der Waals surface area contributed by atoms with Gasteiger partial charge in [0.15, 0.2) is 0 Å². The molecule has 46 heavy (non-hydrogen) atoms. The molecule has 0 bridgehead atoms. The van der Waals surface area contributed by atoms with E-state index in [1.54, 1.807) is 0 Å². The fourth-order valence-electron chi connectivity index (χ4n) is 7.10. The van der Waals surface area contributed by atoms with Crippen LogP contribution in [0.1, 0.15) is 145 Å². The molecular formula is C40H86N6. The lowest BCUT2D eigenvalue weighted by atomic mass is 9.89. The Morgan fingerprint density at radius 1 is 0.391 bits per heavy atom. The van der Waals surface area contributed by atoms with Gasteiger partial charge in [-0.3, -0.25) is 0 Å². The van der Waals surface area contributed by atoms with Gasteiger partial charge in [0.25, 0.3) is 0 Å². The lowest BCUT2D eigenvalue weighted by Crippen LogP contribution is -2.39. The quantitative estimate of drug-likeness (QED) is 0.173. The maximum atomic E-state index is 3.52. The highest BCUT2D eigenvalue weighted by atomic mass is 15.1. The van der Waals surface area contributed by atoms with E-state index in [1.807, 2.05) is 0 Å². The Bertz CT molecular complexity index is 622. The minimum absolute atomic E-state index is 0.636. The van der Waals surface area contributed by atoms with Gasteiger partial charge in [-0.2, -0.15) is 0 Å². The van der Waals surface area contributed by atoms with Gasteiger partial charge in [0, 0.05) is 30.7 Å². The van der Waals surface area contributed by atoms with Gasteiger partial charge in [-0.25, -0.2) is 0 Å². The third-order valence-electron chi connectivity index (χ3n) is 10.3. The van der Waals surface area contributed by atoms with Gasteiger partial charge in [-0.15, -0.1) is 0 Å². The van der Waals surface area contributed by atoms with Crippen LogP contribution in [0.15, 0.2) is 0 Å². The van der Waals surface area contributed by atoms with Gasteiger partial charge in [-0.1, -0.05) is 93.9 Å². The molecule has 4 N–H and O–H groups in total. The summed E-state index contributed by atoms with van der Waals surface area (Å²) in [6.07, 6.45) is 20.1. The molecule has 276 valence electrons. The van der Waals surface area contributed by atoms with E-state index in [1.165, 1.54) is 142 Å². The molecule has 0 aromatic heterocycles. The van der Waals surface area contributed by atoms with Gasteiger partial charge in [-0.05, 0) is 135 Å². The standard InChI is InChI=1S/2C10H22N2.2C10H21N/c1-9(2)11-8-10-4-6-12(3)7-5-10;1-9(2)11-7-10-5-4-6-12(3)8-10;2*1-9(2)11-8-10-6-4-3-5-7-10/h2*9-11H,4-8H2,1-3H3;2*9-11H,3-8H2,1-2H3. The Morgan fingerprint density at radius 2 is 0.717 bits per heavy atom. The summed E-state index contributed by atoms with van der Waals surface area (Å²) in [5.41, 5.74) is 0. The fourth-order valence-corrected chi connectivity index (χ4v) is 7.10. The number of rotatable bonds is 12. The Balaban J connectivity index is 0.000000307. The van der Waals surface area contributed by atoms with Gasteiger partial charge in [0.2, 0.25) is 0 Å². The summed E-state index contributed by atoms with van der Waals surface area (Å²) in [7, 11) is 4.44. The first-order valence-electron chi connectivity index (χ1n) is 20.2. The summed E-state index contributed by atoms with van der Waals surface area (Å²) in [5, 5.41) is 14.1. The molecule has 6 nitrogen and oxygen atoms in total. The Morgan fingerprint density at radius 3 is 1.07 bits per heavy atom. The van der Waals surface area contributed by atoms with Crippen molar-refractivity contribution in [3.05, 3.63) is 0 Å². The Hall–Kier alpha value is -0.240. The van der Waals surface area contributed by atoms with Crippen LogP contribution in [-0.2, 0) is 0 Å². The molecule has 2 heterocycles. The van der Waals surface area contributed by atoms with Crippen molar-refractivity contribution in [1.82, 2.24) is 31.1 Å². The number of piperidine rings is 2. The number of nitrogens with one attached hydrogen (secondary N) is 4. The zero-order valence-corrected chi connectivity index (χ0v) is 33.1. The predicted octanol–water partition coefficient (Wildman–Crippen LogP) is 7.78. The van der Waals surface area contributed by atoms with Crippen molar-refractivity contribution in [3.63, 3.8) is 0 Å². The topological polar surface area (TPSA) is 54.6 Å². The van der Waals surface area contributed by atoms with Crippen molar-refractivity contribution in [3.8, 4) is 0 Å². The second kappa shape index (κ2) is 27.6. The molecule has 0 amide bonds. The molecule has 4 fully saturated rings.